The van der Waals surface area contributed by atoms with Gasteiger partial charge in [-0.2, -0.15) is 0 Å². The number of methoxy groups -OCH3 is 1. The van der Waals surface area contributed by atoms with Crippen molar-refractivity contribution in [3.63, 3.8) is 0 Å². The topological polar surface area (TPSA) is 21.3 Å². The second kappa shape index (κ2) is 7.14. The lowest BCUT2D eigenvalue weighted by atomic mass is 10.1. The first kappa shape index (κ1) is 13.8. The Bertz CT molecular complexity index is 391. The van der Waals surface area contributed by atoms with E-state index in [0.29, 0.717) is 18.7 Å². The predicted molar refractivity (Wildman–Crippen MR) is 64.8 cm³/mol. The zero-order chi connectivity index (χ0) is 12.7. The maximum absolute atomic E-state index is 13.3. The van der Waals surface area contributed by atoms with Gasteiger partial charge in [0.25, 0.3) is 0 Å². The molecule has 0 atom stereocenters. The van der Waals surface area contributed by atoms with Crippen LogP contribution in [0, 0.1) is 11.6 Å². The monoisotopic (exact) mass is 241 g/mol. The van der Waals surface area contributed by atoms with E-state index in [0.717, 1.165) is 18.2 Å². The largest absolute Gasteiger partial charge is 0.383 e. The summed E-state index contributed by atoms with van der Waals surface area (Å²) in [7, 11) is 1.64. The SMILES string of the molecule is COCCNCC(C)=Cc1ccc(F)cc1F. The summed E-state index contributed by atoms with van der Waals surface area (Å²) in [6.07, 6.45) is 1.70. The van der Waals surface area contributed by atoms with Crippen LogP contribution >= 0.6 is 0 Å². The van der Waals surface area contributed by atoms with Crippen LogP contribution in [-0.4, -0.2) is 26.8 Å². The number of ether oxygens (including phenoxy) is 1. The molecule has 0 aromatic heterocycles. The summed E-state index contributed by atoms with van der Waals surface area (Å²) in [5.74, 6) is -1.10. The first-order valence-electron chi connectivity index (χ1n) is 5.45. The molecule has 0 aliphatic carbocycles. The quantitative estimate of drug-likeness (QED) is 0.773. The molecule has 0 radical (unpaired) electrons. The van der Waals surface area contributed by atoms with Crippen molar-refractivity contribution in [3.8, 4) is 0 Å². The minimum Gasteiger partial charge on any atom is -0.383 e. The zero-order valence-corrected chi connectivity index (χ0v) is 10.1. The molecule has 0 amide bonds. The van der Waals surface area contributed by atoms with E-state index in [-0.39, 0.29) is 0 Å². The maximum Gasteiger partial charge on any atom is 0.133 e. The Hall–Kier alpha value is -1.26. The van der Waals surface area contributed by atoms with E-state index in [2.05, 4.69) is 5.32 Å². The van der Waals surface area contributed by atoms with E-state index in [1.807, 2.05) is 6.92 Å². The standard InChI is InChI=1S/C13H17F2NO/c1-10(9-16-5-6-17-2)7-11-3-4-12(14)8-13(11)15/h3-4,7-8,16H,5-6,9H2,1-2H3. The fraction of sp³-hybridized carbons (Fsp3) is 0.385. The number of halogens is 2. The van der Waals surface area contributed by atoms with E-state index in [4.69, 9.17) is 4.74 Å². The van der Waals surface area contributed by atoms with Crippen molar-refractivity contribution in [3.05, 3.63) is 41.0 Å². The molecule has 17 heavy (non-hydrogen) atoms. The van der Waals surface area contributed by atoms with Crippen molar-refractivity contribution in [2.45, 2.75) is 6.92 Å². The molecular weight excluding hydrogens is 224 g/mol. The molecule has 0 unspecified atom stereocenters. The van der Waals surface area contributed by atoms with Crippen molar-refractivity contribution < 1.29 is 13.5 Å². The third kappa shape index (κ3) is 5.06. The molecule has 0 fully saturated rings. The Balaban J connectivity index is 2.55. The van der Waals surface area contributed by atoms with Gasteiger partial charge in [0, 0.05) is 31.8 Å². The number of hydrogen-bond acceptors (Lipinski definition) is 2. The Morgan fingerprint density at radius 1 is 1.41 bits per heavy atom. The van der Waals surface area contributed by atoms with Gasteiger partial charge in [0.1, 0.15) is 11.6 Å². The van der Waals surface area contributed by atoms with Gasteiger partial charge in [0.05, 0.1) is 6.61 Å². The van der Waals surface area contributed by atoms with Gasteiger partial charge in [-0.25, -0.2) is 8.78 Å². The first-order chi connectivity index (χ1) is 8.13. The molecule has 1 aromatic rings. The molecule has 0 saturated heterocycles. The summed E-state index contributed by atoms with van der Waals surface area (Å²) in [5, 5.41) is 3.15. The highest BCUT2D eigenvalue weighted by Crippen LogP contribution is 2.12. The smallest absolute Gasteiger partial charge is 0.133 e. The van der Waals surface area contributed by atoms with Crippen LogP contribution in [-0.2, 0) is 4.74 Å². The van der Waals surface area contributed by atoms with E-state index < -0.39 is 11.6 Å². The van der Waals surface area contributed by atoms with Gasteiger partial charge in [-0.05, 0) is 19.1 Å². The van der Waals surface area contributed by atoms with Crippen LogP contribution in [0.5, 0.6) is 0 Å². The predicted octanol–water partition coefficient (Wildman–Crippen LogP) is 2.60. The highest BCUT2D eigenvalue weighted by atomic mass is 19.1. The van der Waals surface area contributed by atoms with Crippen molar-refractivity contribution in [2.24, 2.45) is 0 Å². The van der Waals surface area contributed by atoms with Crippen LogP contribution in [0.15, 0.2) is 23.8 Å². The highest BCUT2D eigenvalue weighted by Gasteiger charge is 2.01. The molecule has 94 valence electrons. The number of benzene rings is 1. The first-order valence-corrected chi connectivity index (χ1v) is 5.45. The van der Waals surface area contributed by atoms with Crippen LogP contribution in [0.25, 0.3) is 6.08 Å². The lowest BCUT2D eigenvalue weighted by Gasteiger charge is -2.05. The molecule has 0 aliphatic rings. The summed E-state index contributed by atoms with van der Waals surface area (Å²) >= 11 is 0. The zero-order valence-electron chi connectivity index (χ0n) is 10.1. The van der Waals surface area contributed by atoms with Crippen molar-refractivity contribution in [1.29, 1.82) is 0 Å². The van der Waals surface area contributed by atoms with E-state index in [1.54, 1.807) is 13.2 Å². The third-order valence-electron chi connectivity index (χ3n) is 2.25. The molecule has 0 spiro atoms. The van der Waals surface area contributed by atoms with Crippen molar-refractivity contribution >= 4 is 6.08 Å². The Kier molecular flexibility index (Phi) is 5.80. The van der Waals surface area contributed by atoms with Gasteiger partial charge in [-0.15, -0.1) is 0 Å². The van der Waals surface area contributed by atoms with Crippen LogP contribution in [0.1, 0.15) is 12.5 Å². The molecular formula is C13H17F2NO. The Labute approximate surface area is 100 Å². The number of hydrogen-bond donors (Lipinski definition) is 1. The highest BCUT2D eigenvalue weighted by molar-refractivity contribution is 5.53. The minimum absolute atomic E-state index is 0.400. The molecule has 0 saturated carbocycles. The van der Waals surface area contributed by atoms with E-state index >= 15 is 0 Å². The lowest BCUT2D eigenvalue weighted by molar-refractivity contribution is 0.200. The molecule has 1 N–H and O–H groups in total. The van der Waals surface area contributed by atoms with E-state index in [1.165, 1.54) is 12.1 Å². The van der Waals surface area contributed by atoms with Gasteiger partial charge in [-0.3, -0.25) is 0 Å². The summed E-state index contributed by atoms with van der Waals surface area (Å²) in [5.41, 5.74) is 1.38. The van der Waals surface area contributed by atoms with Gasteiger partial charge in [0.2, 0.25) is 0 Å². The summed E-state index contributed by atoms with van der Waals surface area (Å²) in [4.78, 5) is 0. The average Bonchev–Trinajstić information content (AvgIpc) is 2.28. The summed E-state index contributed by atoms with van der Waals surface area (Å²) < 4.78 is 30.9. The van der Waals surface area contributed by atoms with Crippen LogP contribution in [0.2, 0.25) is 0 Å². The van der Waals surface area contributed by atoms with Crippen molar-refractivity contribution in [2.75, 3.05) is 26.8 Å². The fourth-order valence-corrected chi connectivity index (χ4v) is 1.39. The molecule has 1 rings (SSSR count). The molecule has 0 heterocycles. The fourth-order valence-electron chi connectivity index (χ4n) is 1.39. The lowest BCUT2D eigenvalue weighted by Crippen LogP contribution is -2.20. The summed E-state index contributed by atoms with van der Waals surface area (Å²) in [6, 6.07) is 3.57. The molecule has 1 aromatic carbocycles. The molecule has 2 nitrogen and oxygen atoms in total. The molecule has 4 heteroatoms. The second-order valence-electron chi connectivity index (χ2n) is 3.83. The minimum atomic E-state index is -0.560. The van der Waals surface area contributed by atoms with Crippen LogP contribution < -0.4 is 5.32 Å². The Morgan fingerprint density at radius 3 is 2.82 bits per heavy atom. The van der Waals surface area contributed by atoms with E-state index in [9.17, 15) is 8.78 Å². The average molecular weight is 241 g/mol. The molecule has 0 aliphatic heterocycles. The maximum atomic E-state index is 13.3. The normalized spacial score (nSPS) is 11.9. The summed E-state index contributed by atoms with van der Waals surface area (Å²) in [6.45, 7) is 3.93. The van der Waals surface area contributed by atoms with Gasteiger partial charge >= 0.3 is 0 Å². The molecule has 0 bridgehead atoms. The van der Waals surface area contributed by atoms with Gasteiger partial charge < -0.3 is 10.1 Å². The van der Waals surface area contributed by atoms with Gasteiger partial charge in [0.15, 0.2) is 0 Å². The van der Waals surface area contributed by atoms with Crippen LogP contribution in [0.4, 0.5) is 8.78 Å². The number of rotatable bonds is 6. The van der Waals surface area contributed by atoms with Crippen molar-refractivity contribution in [1.82, 2.24) is 5.32 Å². The Morgan fingerprint density at radius 2 is 2.18 bits per heavy atom. The van der Waals surface area contributed by atoms with Crippen LogP contribution in [0.3, 0.4) is 0 Å². The third-order valence-corrected chi connectivity index (χ3v) is 2.25. The second-order valence-corrected chi connectivity index (χ2v) is 3.83. The number of nitrogens with one attached hydrogen (secondary N) is 1. The van der Waals surface area contributed by atoms with Gasteiger partial charge in [-0.1, -0.05) is 11.6 Å².